The van der Waals surface area contributed by atoms with E-state index in [1.54, 1.807) is 18.2 Å². The van der Waals surface area contributed by atoms with Crippen LogP contribution < -0.4 is 5.11 Å². The first-order valence-electron chi connectivity index (χ1n) is 2.39. The van der Waals surface area contributed by atoms with Gasteiger partial charge in [-0.3, -0.25) is 0 Å². The summed E-state index contributed by atoms with van der Waals surface area (Å²) in [5.74, 6) is 0.00694. The van der Waals surface area contributed by atoms with E-state index in [9.17, 15) is 5.11 Å². The van der Waals surface area contributed by atoms with Gasteiger partial charge in [0.1, 0.15) is 0 Å². The molecule has 0 aromatic heterocycles. The van der Waals surface area contributed by atoms with Crippen LogP contribution in [-0.2, 0) is 0 Å². The molecule has 0 fully saturated rings. The molecule has 0 N–H and O–H groups in total. The first-order chi connectivity index (χ1) is 3.80. The average molecular weight is 106 g/mol. The zero-order chi connectivity index (χ0) is 5.98. The van der Waals surface area contributed by atoms with E-state index in [2.05, 4.69) is 6.92 Å². The van der Waals surface area contributed by atoms with Crippen molar-refractivity contribution < 1.29 is 5.11 Å². The van der Waals surface area contributed by atoms with Crippen molar-refractivity contribution in [3.05, 3.63) is 36.8 Å². The van der Waals surface area contributed by atoms with Gasteiger partial charge in [0.2, 0.25) is 0 Å². The van der Waals surface area contributed by atoms with Gasteiger partial charge in [0, 0.05) is 0 Å². The van der Waals surface area contributed by atoms with Crippen LogP contribution in [0.2, 0.25) is 0 Å². The molecule has 0 aliphatic carbocycles. The molecule has 0 saturated carbocycles. The normalized spacial score (nSPS) is 9.00. The van der Waals surface area contributed by atoms with E-state index in [4.69, 9.17) is 0 Å². The van der Waals surface area contributed by atoms with Gasteiger partial charge >= 0.3 is 0 Å². The van der Waals surface area contributed by atoms with Crippen molar-refractivity contribution in [1.29, 1.82) is 0 Å². The maximum Gasteiger partial charge on any atom is -0.0875 e. The standard InChI is InChI=1S/C7H7O/c1-6-4-2-3-5-7(6)8/h2-5,8H,1H2/q-1/p-1. The van der Waals surface area contributed by atoms with Gasteiger partial charge in [0.05, 0.1) is 0 Å². The van der Waals surface area contributed by atoms with Crippen molar-refractivity contribution in [2.45, 2.75) is 0 Å². The van der Waals surface area contributed by atoms with Gasteiger partial charge in [-0.25, -0.2) is 11.3 Å². The van der Waals surface area contributed by atoms with Crippen LogP contribution >= 0.6 is 0 Å². The maximum atomic E-state index is 10.6. The van der Waals surface area contributed by atoms with Crippen LogP contribution in [0.15, 0.2) is 24.3 Å². The third-order valence-electron chi connectivity index (χ3n) is 0.973. The Morgan fingerprint density at radius 1 is 1.25 bits per heavy atom. The van der Waals surface area contributed by atoms with Crippen molar-refractivity contribution in [2.75, 3.05) is 0 Å². The van der Waals surface area contributed by atoms with Crippen molar-refractivity contribution in [3.63, 3.8) is 0 Å². The molecule has 1 aromatic rings. The first-order valence-corrected chi connectivity index (χ1v) is 2.39. The molecule has 0 spiro atoms. The molecule has 1 rings (SSSR count). The highest BCUT2D eigenvalue weighted by molar-refractivity contribution is 5.32. The Balaban J connectivity index is 3.13. The molecule has 0 bridgehead atoms. The minimum atomic E-state index is 0.00694. The predicted octanol–water partition coefficient (Wildman–Crippen LogP) is 0.942. The molecule has 1 heteroatoms. The molecule has 0 radical (unpaired) electrons. The van der Waals surface area contributed by atoms with Gasteiger partial charge in [-0.1, -0.05) is 6.07 Å². The Morgan fingerprint density at radius 3 is 2.25 bits per heavy atom. The summed E-state index contributed by atoms with van der Waals surface area (Å²) >= 11 is 0. The number of para-hydroxylation sites is 1. The lowest BCUT2D eigenvalue weighted by Crippen LogP contribution is -1.90. The van der Waals surface area contributed by atoms with E-state index in [1.165, 1.54) is 6.07 Å². The Hall–Kier alpha value is -1.11. The Labute approximate surface area is 48.6 Å². The molecule has 0 aliphatic rings. The van der Waals surface area contributed by atoms with Crippen LogP contribution in [-0.4, -0.2) is 0 Å². The van der Waals surface area contributed by atoms with Crippen LogP contribution in [0.5, 0.6) is 5.75 Å². The number of rotatable bonds is 0. The topological polar surface area (TPSA) is 23.1 Å². The fraction of sp³-hybridized carbons (Fsp3) is 0. The molecule has 1 aromatic carbocycles. The van der Waals surface area contributed by atoms with Gasteiger partial charge in [0.25, 0.3) is 0 Å². The molecule has 0 heterocycles. The summed E-state index contributed by atoms with van der Waals surface area (Å²) in [6.07, 6.45) is 0. The van der Waals surface area contributed by atoms with Crippen LogP contribution in [0, 0.1) is 6.92 Å². The van der Waals surface area contributed by atoms with E-state index in [0.717, 1.165) is 0 Å². The highest BCUT2D eigenvalue weighted by atomic mass is 16.3. The van der Waals surface area contributed by atoms with Gasteiger partial charge in [-0.15, -0.1) is 12.1 Å². The fourth-order valence-corrected chi connectivity index (χ4v) is 0.504. The Morgan fingerprint density at radius 2 is 1.88 bits per heavy atom. The van der Waals surface area contributed by atoms with Gasteiger partial charge in [-0.2, -0.15) is 13.0 Å². The summed E-state index contributed by atoms with van der Waals surface area (Å²) in [6, 6.07) is 6.70. The zero-order valence-corrected chi connectivity index (χ0v) is 4.42. The van der Waals surface area contributed by atoms with Crippen LogP contribution in [0.4, 0.5) is 0 Å². The highest BCUT2D eigenvalue weighted by Crippen LogP contribution is 2.08. The van der Waals surface area contributed by atoms with Crippen molar-refractivity contribution in [2.24, 2.45) is 0 Å². The lowest BCUT2D eigenvalue weighted by Gasteiger charge is -2.16. The molecule has 1 nitrogen and oxygen atoms in total. The second-order valence-corrected chi connectivity index (χ2v) is 1.61. The molecule has 8 heavy (non-hydrogen) atoms. The van der Waals surface area contributed by atoms with Crippen LogP contribution in [0.3, 0.4) is 0 Å². The van der Waals surface area contributed by atoms with E-state index in [0.29, 0.717) is 5.56 Å². The largest absolute Gasteiger partial charge is 0.928 e. The van der Waals surface area contributed by atoms with E-state index in [-0.39, 0.29) is 5.75 Å². The monoisotopic (exact) mass is 106 g/mol. The summed E-state index contributed by atoms with van der Waals surface area (Å²) < 4.78 is 0. The number of hydrogen-bond donors (Lipinski definition) is 0. The summed E-state index contributed by atoms with van der Waals surface area (Å²) in [5, 5.41) is 10.6. The van der Waals surface area contributed by atoms with Crippen LogP contribution in [0.1, 0.15) is 5.56 Å². The summed E-state index contributed by atoms with van der Waals surface area (Å²) in [7, 11) is 0. The molecule has 0 atom stereocenters. The molecule has 0 aliphatic heterocycles. The molecular formula is C7H6O-2. The fourth-order valence-electron chi connectivity index (χ4n) is 0.504. The lowest BCUT2D eigenvalue weighted by atomic mass is 10.2. The smallest absolute Gasteiger partial charge is 0.0875 e. The number of hydrogen-bond acceptors (Lipinski definition) is 1. The van der Waals surface area contributed by atoms with Gasteiger partial charge < -0.3 is 5.11 Å². The minimum absolute atomic E-state index is 0.00694. The van der Waals surface area contributed by atoms with Crippen molar-refractivity contribution in [3.8, 4) is 5.75 Å². The molecule has 0 amide bonds. The van der Waals surface area contributed by atoms with E-state index >= 15 is 0 Å². The van der Waals surface area contributed by atoms with Crippen molar-refractivity contribution in [1.82, 2.24) is 0 Å². The third-order valence-corrected chi connectivity index (χ3v) is 0.973. The van der Waals surface area contributed by atoms with Gasteiger partial charge in [-0.05, 0) is 0 Å². The summed E-state index contributed by atoms with van der Waals surface area (Å²) in [6.45, 7) is 3.51. The Bertz CT molecular complexity index is 160. The predicted molar refractivity (Wildman–Crippen MR) is 30.3 cm³/mol. The van der Waals surface area contributed by atoms with Gasteiger partial charge in [0.15, 0.2) is 0 Å². The number of benzene rings is 1. The summed E-state index contributed by atoms with van der Waals surface area (Å²) in [4.78, 5) is 0. The molecular weight excluding hydrogens is 100 g/mol. The van der Waals surface area contributed by atoms with Crippen molar-refractivity contribution >= 4 is 0 Å². The van der Waals surface area contributed by atoms with Crippen LogP contribution in [0.25, 0.3) is 0 Å². The first kappa shape index (κ1) is 5.04. The lowest BCUT2D eigenvalue weighted by molar-refractivity contribution is -0.268. The quantitative estimate of drug-likeness (QED) is 0.451. The van der Waals surface area contributed by atoms with E-state index < -0.39 is 0 Å². The highest BCUT2D eigenvalue weighted by Gasteiger charge is 1.67. The second-order valence-electron chi connectivity index (χ2n) is 1.61. The molecule has 0 unspecified atom stereocenters. The maximum absolute atomic E-state index is 10.6. The molecule has 42 valence electrons. The average Bonchev–Trinajstić information content (AvgIpc) is 1.77. The second kappa shape index (κ2) is 1.78. The summed E-state index contributed by atoms with van der Waals surface area (Å²) in [5.41, 5.74) is 0.563. The third kappa shape index (κ3) is 0.757. The Kier molecular flexibility index (Phi) is 1.12. The molecule has 0 saturated heterocycles. The SMILES string of the molecule is [CH2-]c1ccccc1[O-]. The zero-order valence-electron chi connectivity index (χ0n) is 4.42. The minimum Gasteiger partial charge on any atom is -0.928 e. The van der Waals surface area contributed by atoms with E-state index in [1.807, 2.05) is 0 Å².